The molecule has 0 spiro atoms. The summed E-state index contributed by atoms with van der Waals surface area (Å²) in [7, 11) is -0.209. The van der Waals surface area contributed by atoms with Crippen molar-refractivity contribution in [1.29, 1.82) is 0 Å². The predicted octanol–water partition coefficient (Wildman–Crippen LogP) is 4.12. The van der Waals surface area contributed by atoms with Crippen LogP contribution in [0.25, 0.3) is 0 Å². The zero-order chi connectivity index (χ0) is 28.6. The highest BCUT2D eigenvalue weighted by molar-refractivity contribution is 7.92. The van der Waals surface area contributed by atoms with Crippen molar-refractivity contribution >= 4 is 44.8 Å². The van der Waals surface area contributed by atoms with Gasteiger partial charge in [0.2, 0.25) is 5.91 Å². The lowest BCUT2D eigenvalue weighted by atomic mass is 10.1. The van der Waals surface area contributed by atoms with Gasteiger partial charge in [-0.15, -0.1) is 6.58 Å². The van der Waals surface area contributed by atoms with Gasteiger partial charge in [0, 0.05) is 17.6 Å². The number of halogens is 1. The number of sulfonamides is 1. The summed E-state index contributed by atoms with van der Waals surface area (Å²) in [5, 5.41) is 5.51. The fourth-order valence-corrected chi connectivity index (χ4v) is 5.24. The molecule has 0 aliphatic rings. The standard InChI is InChI=1S/C27H28ClN3O7S/c1-5-14-29-27(33)20-8-6-7-9-21(20)30-26(32)17-31(22-15-18(28)10-12-23(22)36-2)39(34,35)19-11-13-24(37-3)25(16-19)38-4/h5-13,15-16H,1,14,17H2,2-4H3,(H,29,33)(H,30,32). The van der Waals surface area contributed by atoms with Crippen molar-refractivity contribution in [1.82, 2.24) is 5.32 Å². The Balaban J connectivity index is 2.05. The number of methoxy groups -OCH3 is 3. The highest BCUT2D eigenvalue weighted by Crippen LogP contribution is 2.37. The summed E-state index contributed by atoms with van der Waals surface area (Å²) >= 11 is 6.20. The maximum Gasteiger partial charge on any atom is 0.265 e. The first kappa shape index (κ1) is 29.3. The Morgan fingerprint density at radius 3 is 2.28 bits per heavy atom. The quantitative estimate of drug-likeness (QED) is 0.312. The molecule has 0 radical (unpaired) electrons. The number of hydrogen-bond acceptors (Lipinski definition) is 7. The number of carbonyl (C=O) groups is 2. The molecule has 0 unspecified atom stereocenters. The zero-order valence-electron chi connectivity index (χ0n) is 21.6. The third-order valence-corrected chi connectivity index (χ3v) is 7.48. The molecule has 2 N–H and O–H groups in total. The van der Waals surface area contributed by atoms with Gasteiger partial charge < -0.3 is 24.8 Å². The minimum atomic E-state index is -4.38. The molecule has 0 fully saturated rings. The van der Waals surface area contributed by atoms with E-state index in [1.165, 1.54) is 75.9 Å². The summed E-state index contributed by atoms with van der Waals surface area (Å²) in [5.74, 6) is -0.476. The average molecular weight is 574 g/mol. The van der Waals surface area contributed by atoms with E-state index in [0.717, 1.165) is 4.31 Å². The molecule has 0 aliphatic carbocycles. The van der Waals surface area contributed by atoms with E-state index in [1.54, 1.807) is 12.1 Å². The lowest BCUT2D eigenvalue weighted by molar-refractivity contribution is -0.114. The van der Waals surface area contributed by atoms with Gasteiger partial charge in [-0.25, -0.2) is 8.42 Å². The highest BCUT2D eigenvalue weighted by Gasteiger charge is 2.31. The molecule has 206 valence electrons. The van der Waals surface area contributed by atoms with Gasteiger partial charge in [0.15, 0.2) is 11.5 Å². The molecule has 10 nitrogen and oxygen atoms in total. The monoisotopic (exact) mass is 573 g/mol. The predicted molar refractivity (Wildman–Crippen MR) is 150 cm³/mol. The molecule has 0 atom stereocenters. The van der Waals surface area contributed by atoms with Crippen molar-refractivity contribution in [2.24, 2.45) is 0 Å². The first-order valence-electron chi connectivity index (χ1n) is 11.5. The number of anilines is 2. The van der Waals surface area contributed by atoms with Gasteiger partial charge >= 0.3 is 0 Å². The maximum atomic E-state index is 13.9. The molecule has 0 aromatic heterocycles. The molecule has 39 heavy (non-hydrogen) atoms. The minimum absolute atomic E-state index is 0.0342. The molecule has 0 aliphatic heterocycles. The van der Waals surface area contributed by atoms with Crippen LogP contribution in [0.4, 0.5) is 11.4 Å². The molecular formula is C27H28ClN3O7S. The van der Waals surface area contributed by atoms with Crippen molar-refractivity contribution < 1.29 is 32.2 Å². The van der Waals surface area contributed by atoms with E-state index in [1.807, 2.05) is 0 Å². The van der Waals surface area contributed by atoms with Gasteiger partial charge in [-0.2, -0.15) is 0 Å². The van der Waals surface area contributed by atoms with E-state index in [0.29, 0.717) is 5.75 Å². The van der Waals surface area contributed by atoms with Crippen LogP contribution in [-0.4, -0.2) is 54.7 Å². The molecule has 3 rings (SSSR count). The number of hydrogen-bond donors (Lipinski definition) is 2. The van der Waals surface area contributed by atoms with Crippen molar-refractivity contribution in [3.05, 3.63) is 83.9 Å². The molecule has 12 heteroatoms. The first-order chi connectivity index (χ1) is 18.7. The molecule has 0 heterocycles. The Labute approximate surface area is 232 Å². The van der Waals surface area contributed by atoms with E-state index in [2.05, 4.69) is 17.2 Å². The van der Waals surface area contributed by atoms with Gasteiger partial charge in [-0.05, 0) is 42.5 Å². The van der Waals surface area contributed by atoms with Gasteiger partial charge in [-0.1, -0.05) is 29.8 Å². The van der Waals surface area contributed by atoms with Crippen LogP contribution in [0.5, 0.6) is 17.2 Å². The lowest BCUT2D eigenvalue weighted by Gasteiger charge is -2.26. The number of ether oxygens (including phenoxy) is 3. The third-order valence-electron chi connectivity index (χ3n) is 5.49. The van der Waals surface area contributed by atoms with Gasteiger partial charge in [0.25, 0.3) is 15.9 Å². The number of nitrogens with one attached hydrogen (secondary N) is 2. The van der Waals surface area contributed by atoms with Crippen LogP contribution in [-0.2, 0) is 14.8 Å². The van der Waals surface area contributed by atoms with E-state index in [4.69, 9.17) is 25.8 Å². The normalized spacial score (nSPS) is 10.8. The highest BCUT2D eigenvalue weighted by atomic mass is 35.5. The van der Waals surface area contributed by atoms with Crippen LogP contribution >= 0.6 is 11.6 Å². The SMILES string of the molecule is C=CCNC(=O)c1ccccc1NC(=O)CN(c1cc(Cl)ccc1OC)S(=O)(=O)c1ccc(OC)c(OC)c1. The van der Waals surface area contributed by atoms with Crippen molar-refractivity contribution in [2.45, 2.75) is 4.90 Å². The molecule has 0 saturated carbocycles. The van der Waals surface area contributed by atoms with E-state index in [-0.39, 0.29) is 44.9 Å². The summed E-state index contributed by atoms with van der Waals surface area (Å²) in [6, 6.07) is 14.8. The van der Waals surface area contributed by atoms with Crippen LogP contribution in [0.3, 0.4) is 0 Å². The summed E-state index contributed by atoms with van der Waals surface area (Å²) in [6.45, 7) is 3.12. The Morgan fingerprint density at radius 2 is 1.62 bits per heavy atom. The maximum absolute atomic E-state index is 13.9. The molecule has 3 aromatic rings. The Kier molecular flexibility index (Phi) is 9.80. The lowest BCUT2D eigenvalue weighted by Crippen LogP contribution is -2.38. The number of nitrogens with zero attached hydrogens (tertiary/aromatic N) is 1. The number of amides is 2. The summed E-state index contributed by atoms with van der Waals surface area (Å²) in [4.78, 5) is 25.7. The van der Waals surface area contributed by atoms with Gasteiger partial charge in [0.05, 0.1) is 43.2 Å². The van der Waals surface area contributed by atoms with Crippen LogP contribution < -0.4 is 29.1 Å². The number of para-hydroxylation sites is 1. The van der Waals surface area contributed by atoms with E-state index >= 15 is 0 Å². The van der Waals surface area contributed by atoms with Crippen LogP contribution in [0, 0.1) is 0 Å². The van der Waals surface area contributed by atoms with Gasteiger partial charge in [-0.3, -0.25) is 13.9 Å². The van der Waals surface area contributed by atoms with Gasteiger partial charge in [0.1, 0.15) is 12.3 Å². The molecule has 0 bridgehead atoms. The summed E-state index contributed by atoms with van der Waals surface area (Å²) in [5.41, 5.74) is 0.430. The fraction of sp³-hybridized carbons (Fsp3) is 0.185. The number of rotatable bonds is 12. The summed E-state index contributed by atoms with van der Waals surface area (Å²) < 4.78 is 44.6. The average Bonchev–Trinajstić information content (AvgIpc) is 2.94. The second-order valence-corrected chi connectivity index (χ2v) is 10.2. The molecule has 0 saturated heterocycles. The molecule has 3 aromatic carbocycles. The smallest absolute Gasteiger partial charge is 0.265 e. The van der Waals surface area contributed by atoms with E-state index in [9.17, 15) is 18.0 Å². The topological polar surface area (TPSA) is 123 Å². The number of carbonyl (C=O) groups excluding carboxylic acids is 2. The summed E-state index contributed by atoms with van der Waals surface area (Å²) in [6.07, 6.45) is 1.52. The van der Waals surface area contributed by atoms with Crippen LogP contribution in [0.2, 0.25) is 5.02 Å². The second kappa shape index (κ2) is 13.0. The third kappa shape index (κ3) is 6.81. The molecular weight excluding hydrogens is 546 g/mol. The number of benzene rings is 3. The minimum Gasteiger partial charge on any atom is -0.495 e. The van der Waals surface area contributed by atoms with Crippen molar-refractivity contribution in [3.63, 3.8) is 0 Å². The van der Waals surface area contributed by atoms with Crippen LogP contribution in [0.15, 0.2) is 78.2 Å². The largest absolute Gasteiger partial charge is 0.495 e. The van der Waals surface area contributed by atoms with Crippen LogP contribution in [0.1, 0.15) is 10.4 Å². The molecule has 2 amide bonds. The second-order valence-electron chi connectivity index (χ2n) is 7.94. The Hall–Kier alpha value is -4.22. The zero-order valence-corrected chi connectivity index (χ0v) is 23.1. The Morgan fingerprint density at radius 1 is 0.949 bits per heavy atom. The fourth-order valence-electron chi connectivity index (χ4n) is 3.63. The first-order valence-corrected chi connectivity index (χ1v) is 13.3. The van der Waals surface area contributed by atoms with E-state index < -0.39 is 28.4 Å². The van der Waals surface area contributed by atoms with Crippen molar-refractivity contribution in [2.75, 3.05) is 44.0 Å². The Bertz CT molecular complexity index is 1480. The van der Waals surface area contributed by atoms with Crippen molar-refractivity contribution in [3.8, 4) is 17.2 Å².